The first-order chi connectivity index (χ1) is 8.97. The Morgan fingerprint density at radius 3 is 2.63 bits per heavy atom. The molecule has 0 aliphatic heterocycles. The summed E-state index contributed by atoms with van der Waals surface area (Å²) in [4.78, 5) is 15.0. The summed E-state index contributed by atoms with van der Waals surface area (Å²) in [6.45, 7) is 3.47. The van der Waals surface area contributed by atoms with Gasteiger partial charge in [-0.05, 0) is 43.7 Å². The molecule has 1 aromatic carbocycles. The van der Waals surface area contributed by atoms with Crippen LogP contribution in [0.25, 0.3) is 0 Å². The second kappa shape index (κ2) is 5.06. The number of pyridine rings is 1. The van der Waals surface area contributed by atoms with E-state index in [2.05, 4.69) is 10.3 Å². The molecule has 0 fully saturated rings. The Morgan fingerprint density at radius 1 is 1.26 bits per heavy atom. The van der Waals surface area contributed by atoms with Crippen molar-refractivity contribution < 1.29 is 14.3 Å². The number of hydrogen-bond acceptors (Lipinski definition) is 3. The summed E-state index contributed by atoms with van der Waals surface area (Å²) in [5.74, 6) is -0.873. The monoisotopic (exact) mass is 260 g/mol. The van der Waals surface area contributed by atoms with Crippen LogP contribution in [0.3, 0.4) is 0 Å². The van der Waals surface area contributed by atoms with Gasteiger partial charge in [-0.1, -0.05) is 6.07 Å². The minimum Gasteiger partial charge on any atom is -0.478 e. The number of carbonyl (C=O) groups is 1. The number of anilines is 2. The predicted molar refractivity (Wildman–Crippen MR) is 70.4 cm³/mol. The molecule has 19 heavy (non-hydrogen) atoms. The van der Waals surface area contributed by atoms with Crippen molar-refractivity contribution in [1.82, 2.24) is 4.98 Å². The minimum absolute atomic E-state index is 0.154. The molecule has 0 radical (unpaired) electrons. The molecule has 0 saturated heterocycles. The average Bonchev–Trinajstić information content (AvgIpc) is 2.33. The molecule has 0 aliphatic carbocycles. The summed E-state index contributed by atoms with van der Waals surface area (Å²) < 4.78 is 13.2. The number of carboxylic acid groups (broad SMARTS) is 1. The molecule has 1 aromatic heterocycles. The predicted octanol–water partition coefficient (Wildman–Crippen LogP) is 3.28. The third-order valence-corrected chi connectivity index (χ3v) is 2.78. The number of aromatic carboxylic acids is 1. The summed E-state index contributed by atoms with van der Waals surface area (Å²) in [5, 5.41) is 11.9. The summed E-state index contributed by atoms with van der Waals surface area (Å²) >= 11 is 0. The molecule has 5 heteroatoms. The highest BCUT2D eigenvalue weighted by molar-refractivity contribution is 5.89. The zero-order valence-electron chi connectivity index (χ0n) is 10.6. The normalized spacial score (nSPS) is 10.3. The number of benzene rings is 1. The SMILES string of the molecule is Cc1ccc(F)cc1Nc1ccc(C(=O)O)c(C)n1. The number of halogens is 1. The third kappa shape index (κ3) is 2.88. The Balaban J connectivity index is 2.31. The zero-order valence-corrected chi connectivity index (χ0v) is 10.6. The molecule has 0 amide bonds. The van der Waals surface area contributed by atoms with Crippen LogP contribution in [0, 0.1) is 19.7 Å². The van der Waals surface area contributed by atoms with Crippen LogP contribution in [-0.2, 0) is 0 Å². The summed E-state index contributed by atoms with van der Waals surface area (Å²) in [6, 6.07) is 7.45. The smallest absolute Gasteiger partial charge is 0.337 e. The van der Waals surface area contributed by atoms with Gasteiger partial charge in [0, 0.05) is 5.69 Å². The molecule has 1 heterocycles. The van der Waals surface area contributed by atoms with E-state index in [9.17, 15) is 9.18 Å². The van der Waals surface area contributed by atoms with Gasteiger partial charge in [0.05, 0.1) is 11.3 Å². The Hall–Kier alpha value is -2.43. The van der Waals surface area contributed by atoms with Crippen molar-refractivity contribution in [3.63, 3.8) is 0 Å². The molecule has 2 rings (SSSR count). The van der Waals surface area contributed by atoms with E-state index in [0.29, 0.717) is 17.2 Å². The maximum atomic E-state index is 13.2. The summed E-state index contributed by atoms with van der Waals surface area (Å²) in [5.41, 5.74) is 2.05. The van der Waals surface area contributed by atoms with Gasteiger partial charge in [0.2, 0.25) is 0 Å². The number of nitrogens with zero attached hydrogens (tertiary/aromatic N) is 1. The Labute approximate surface area is 109 Å². The number of hydrogen-bond donors (Lipinski definition) is 2. The van der Waals surface area contributed by atoms with Gasteiger partial charge < -0.3 is 10.4 Å². The van der Waals surface area contributed by atoms with Gasteiger partial charge in [0.25, 0.3) is 0 Å². The molecule has 0 unspecified atom stereocenters. The van der Waals surface area contributed by atoms with E-state index in [4.69, 9.17) is 5.11 Å². The fourth-order valence-corrected chi connectivity index (χ4v) is 1.72. The second-order valence-corrected chi connectivity index (χ2v) is 4.22. The highest BCUT2D eigenvalue weighted by atomic mass is 19.1. The lowest BCUT2D eigenvalue weighted by Crippen LogP contribution is -2.04. The molecule has 0 bridgehead atoms. The third-order valence-electron chi connectivity index (χ3n) is 2.78. The molecule has 98 valence electrons. The average molecular weight is 260 g/mol. The van der Waals surface area contributed by atoms with Crippen molar-refractivity contribution in [2.45, 2.75) is 13.8 Å². The van der Waals surface area contributed by atoms with E-state index >= 15 is 0 Å². The molecule has 0 spiro atoms. The maximum Gasteiger partial charge on any atom is 0.337 e. The van der Waals surface area contributed by atoms with Crippen molar-refractivity contribution in [3.8, 4) is 0 Å². The van der Waals surface area contributed by atoms with Crippen LogP contribution in [0.15, 0.2) is 30.3 Å². The van der Waals surface area contributed by atoms with Crippen LogP contribution in [0.5, 0.6) is 0 Å². The topological polar surface area (TPSA) is 62.2 Å². The standard InChI is InChI=1S/C14H13FN2O2/c1-8-3-4-10(15)7-12(8)17-13-6-5-11(14(18)19)9(2)16-13/h3-7H,1-2H3,(H,16,17)(H,18,19). The molecule has 0 atom stereocenters. The van der Waals surface area contributed by atoms with E-state index in [1.807, 2.05) is 6.92 Å². The van der Waals surface area contributed by atoms with E-state index in [1.54, 1.807) is 19.1 Å². The highest BCUT2D eigenvalue weighted by Gasteiger charge is 2.09. The molecule has 0 saturated carbocycles. The number of rotatable bonds is 3. The van der Waals surface area contributed by atoms with Crippen LogP contribution >= 0.6 is 0 Å². The first-order valence-corrected chi connectivity index (χ1v) is 5.71. The summed E-state index contributed by atoms with van der Waals surface area (Å²) in [6.07, 6.45) is 0. The van der Waals surface area contributed by atoms with Crippen molar-refractivity contribution in [2.75, 3.05) is 5.32 Å². The van der Waals surface area contributed by atoms with Crippen molar-refractivity contribution in [3.05, 3.63) is 53.0 Å². The Morgan fingerprint density at radius 2 is 2.00 bits per heavy atom. The minimum atomic E-state index is -1.02. The van der Waals surface area contributed by atoms with Gasteiger partial charge in [-0.25, -0.2) is 14.2 Å². The number of aromatic nitrogens is 1. The van der Waals surface area contributed by atoms with Crippen LogP contribution in [-0.4, -0.2) is 16.1 Å². The summed E-state index contributed by atoms with van der Waals surface area (Å²) in [7, 11) is 0. The lowest BCUT2D eigenvalue weighted by atomic mass is 10.2. The zero-order chi connectivity index (χ0) is 14.0. The van der Waals surface area contributed by atoms with Gasteiger partial charge in [-0.15, -0.1) is 0 Å². The van der Waals surface area contributed by atoms with Gasteiger partial charge in [-0.2, -0.15) is 0 Å². The Bertz CT molecular complexity index is 641. The van der Waals surface area contributed by atoms with Gasteiger partial charge in [-0.3, -0.25) is 0 Å². The fourth-order valence-electron chi connectivity index (χ4n) is 1.72. The van der Waals surface area contributed by atoms with Crippen LogP contribution < -0.4 is 5.32 Å². The molecule has 0 aliphatic rings. The second-order valence-electron chi connectivity index (χ2n) is 4.22. The maximum absolute atomic E-state index is 13.2. The van der Waals surface area contributed by atoms with Crippen LogP contribution in [0.2, 0.25) is 0 Å². The van der Waals surface area contributed by atoms with Gasteiger partial charge in [0.1, 0.15) is 11.6 Å². The van der Waals surface area contributed by atoms with Gasteiger partial charge >= 0.3 is 5.97 Å². The lowest BCUT2D eigenvalue weighted by Gasteiger charge is -2.10. The van der Waals surface area contributed by atoms with Gasteiger partial charge in [0.15, 0.2) is 0 Å². The molecular formula is C14H13FN2O2. The fraction of sp³-hybridized carbons (Fsp3) is 0.143. The van der Waals surface area contributed by atoms with Crippen LogP contribution in [0.1, 0.15) is 21.6 Å². The van der Waals surface area contributed by atoms with E-state index in [0.717, 1.165) is 5.56 Å². The van der Waals surface area contributed by atoms with Crippen molar-refractivity contribution in [1.29, 1.82) is 0 Å². The lowest BCUT2D eigenvalue weighted by molar-refractivity contribution is 0.0695. The number of aryl methyl sites for hydroxylation is 2. The molecule has 4 nitrogen and oxygen atoms in total. The molecule has 2 N–H and O–H groups in total. The first-order valence-electron chi connectivity index (χ1n) is 5.71. The molecule has 2 aromatic rings. The van der Waals surface area contributed by atoms with E-state index in [-0.39, 0.29) is 11.4 Å². The van der Waals surface area contributed by atoms with E-state index in [1.165, 1.54) is 18.2 Å². The largest absolute Gasteiger partial charge is 0.478 e. The number of carboxylic acids is 1. The highest BCUT2D eigenvalue weighted by Crippen LogP contribution is 2.21. The van der Waals surface area contributed by atoms with Crippen LogP contribution in [0.4, 0.5) is 15.9 Å². The van der Waals surface area contributed by atoms with Crippen molar-refractivity contribution >= 4 is 17.5 Å². The Kier molecular flexibility index (Phi) is 3.46. The number of nitrogens with one attached hydrogen (secondary N) is 1. The quantitative estimate of drug-likeness (QED) is 0.889. The van der Waals surface area contributed by atoms with Crippen molar-refractivity contribution in [2.24, 2.45) is 0 Å². The molecular weight excluding hydrogens is 247 g/mol. The van der Waals surface area contributed by atoms with E-state index < -0.39 is 5.97 Å². The first kappa shape index (κ1) is 13.0.